The van der Waals surface area contributed by atoms with Gasteiger partial charge in [-0.25, -0.2) is 23.1 Å². The Morgan fingerprint density at radius 1 is 1.14 bits per heavy atom. The fourth-order valence-electron chi connectivity index (χ4n) is 3.35. The van der Waals surface area contributed by atoms with Gasteiger partial charge in [0.15, 0.2) is 11.5 Å². The predicted octanol–water partition coefficient (Wildman–Crippen LogP) is 0.0153. The average Bonchev–Trinajstić information content (AvgIpc) is 2.96. The average molecular weight is 448 g/mol. The van der Waals surface area contributed by atoms with E-state index in [0.717, 1.165) is 29.7 Å². The van der Waals surface area contributed by atoms with Crippen LogP contribution in [-0.4, -0.2) is 81.6 Å². The zero-order valence-corrected chi connectivity index (χ0v) is 18.0. The highest BCUT2D eigenvalue weighted by molar-refractivity contribution is 7.70. The van der Waals surface area contributed by atoms with Crippen molar-refractivity contribution >= 4 is 40.0 Å². The molecule has 12 heteroatoms. The normalized spacial score (nSPS) is 16.3. The van der Waals surface area contributed by atoms with E-state index >= 15 is 0 Å². The van der Waals surface area contributed by atoms with E-state index < -0.39 is 17.1 Å². The predicted molar refractivity (Wildman–Crippen MR) is 113 cm³/mol. The molecule has 2 N–H and O–H groups in total. The Morgan fingerprint density at radius 2 is 1.86 bits per heavy atom. The Hall–Kier alpha value is -1.92. The molecule has 1 fully saturated rings. The summed E-state index contributed by atoms with van der Waals surface area (Å²) in [5.41, 5.74) is 0.757. The second kappa shape index (κ2) is 10.7. The summed E-state index contributed by atoms with van der Waals surface area (Å²) in [5, 5.41) is 11.1. The molecule has 1 unspecified atom stereocenters. The van der Waals surface area contributed by atoms with Crippen LogP contribution >= 0.6 is 12.4 Å². The molecule has 1 aromatic carbocycles. The van der Waals surface area contributed by atoms with Gasteiger partial charge in [0.2, 0.25) is 10.9 Å². The van der Waals surface area contributed by atoms with Gasteiger partial charge in [0.05, 0.1) is 19.7 Å². The van der Waals surface area contributed by atoms with Crippen molar-refractivity contribution in [1.82, 2.24) is 19.6 Å². The zero-order valence-electron chi connectivity index (χ0n) is 16.3. The second-order valence-corrected chi connectivity index (χ2v) is 7.23. The molecule has 2 heterocycles. The summed E-state index contributed by atoms with van der Waals surface area (Å²) in [4.78, 5) is 12.8. The van der Waals surface area contributed by atoms with Gasteiger partial charge in [0.25, 0.3) is 0 Å². The SMILES string of the molecule is COc1cc2ncnc(N3CCCN(C(O)CN[SH](=O)=O)CC3)c2cc1OC.Cl. The van der Waals surface area contributed by atoms with Crippen LogP contribution < -0.4 is 19.1 Å². The number of halogens is 1. The first-order valence-electron chi connectivity index (χ1n) is 8.95. The molecule has 3 rings (SSSR count). The molecule has 0 bridgehead atoms. The van der Waals surface area contributed by atoms with E-state index in [1.165, 1.54) is 6.33 Å². The summed E-state index contributed by atoms with van der Waals surface area (Å²) in [7, 11) is 0.446. The van der Waals surface area contributed by atoms with Crippen molar-refractivity contribution < 1.29 is 23.0 Å². The van der Waals surface area contributed by atoms with Crippen molar-refractivity contribution in [3.63, 3.8) is 0 Å². The van der Waals surface area contributed by atoms with Crippen molar-refractivity contribution in [2.75, 3.05) is 51.8 Å². The van der Waals surface area contributed by atoms with E-state index in [2.05, 4.69) is 19.6 Å². The van der Waals surface area contributed by atoms with Gasteiger partial charge in [-0.1, -0.05) is 0 Å². The number of aromatic nitrogens is 2. The number of nitrogens with one attached hydrogen (secondary N) is 1. The number of ether oxygens (including phenoxy) is 2. The number of methoxy groups -OCH3 is 2. The Bertz CT molecular complexity index is 892. The van der Waals surface area contributed by atoms with Crippen LogP contribution in [-0.2, 0) is 10.9 Å². The van der Waals surface area contributed by atoms with Crippen LogP contribution in [0.3, 0.4) is 0 Å². The van der Waals surface area contributed by atoms with Crippen molar-refractivity contribution in [2.45, 2.75) is 12.6 Å². The number of fused-ring (bicyclic) bond motifs is 1. The van der Waals surface area contributed by atoms with Crippen LogP contribution in [0.2, 0.25) is 0 Å². The summed E-state index contributed by atoms with van der Waals surface area (Å²) >= 11 is 0. The molecular formula is C17H26ClN5O5S. The maximum atomic E-state index is 10.7. The minimum atomic E-state index is -2.72. The topological polar surface area (TPSA) is 117 Å². The number of nitrogens with zero attached hydrogens (tertiary/aromatic N) is 4. The van der Waals surface area contributed by atoms with Gasteiger partial charge < -0.3 is 19.5 Å². The Morgan fingerprint density at radius 3 is 2.55 bits per heavy atom. The highest BCUT2D eigenvalue weighted by Gasteiger charge is 2.22. The van der Waals surface area contributed by atoms with Gasteiger partial charge in [0.1, 0.15) is 18.4 Å². The number of aliphatic hydroxyl groups is 1. The lowest BCUT2D eigenvalue weighted by atomic mass is 10.2. The van der Waals surface area contributed by atoms with E-state index in [1.807, 2.05) is 17.0 Å². The molecule has 0 spiro atoms. The minimum absolute atomic E-state index is 0. The summed E-state index contributed by atoms with van der Waals surface area (Å²) in [5.74, 6) is 2.01. The summed E-state index contributed by atoms with van der Waals surface area (Å²) in [6, 6.07) is 3.69. The number of aliphatic hydroxyl groups excluding tert-OH is 1. The second-order valence-electron chi connectivity index (χ2n) is 6.40. The monoisotopic (exact) mass is 447 g/mol. The van der Waals surface area contributed by atoms with Crippen LogP contribution in [0.4, 0.5) is 5.82 Å². The fourth-order valence-corrected chi connectivity index (χ4v) is 3.67. The molecule has 1 aliphatic rings. The summed E-state index contributed by atoms with van der Waals surface area (Å²) in [6.07, 6.45) is 1.47. The molecule has 0 amide bonds. The number of hydrogen-bond donors (Lipinski definition) is 3. The van der Waals surface area contributed by atoms with Gasteiger partial charge in [-0.05, 0) is 12.5 Å². The number of thiol groups is 1. The number of rotatable bonds is 7. The molecule has 0 aliphatic carbocycles. The van der Waals surface area contributed by atoms with Crippen LogP contribution in [0.25, 0.3) is 10.9 Å². The molecule has 1 aliphatic heterocycles. The Labute approximate surface area is 177 Å². The maximum Gasteiger partial charge on any atom is 0.201 e. The molecule has 1 atom stereocenters. The number of benzene rings is 1. The number of anilines is 1. The summed E-state index contributed by atoms with van der Waals surface area (Å²) in [6.45, 7) is 2.62. The minimum Gasteiger partial charge on any atom is -0.493 e. The van der Waals surface area contributed by atoms with Gasteiger partial charge in [-0.2, -0.15) is 0 Å². The molecule has 162 valence electrons. The number of hydrogen-bond acceptors (Lipinski definition) is 9. The third-order valence-electron chi connectivity index (χ3n) is 4.77. The van der Waals surface area contributed by atoms with Crippen molar-refractivity contribution in [1.29, 1.82) is 0 Å². The van der Waals surface area contributed by atoms with Gasteiger partial charge in [0, 0.05) is 44.2 Å². The lowest BCUT2D eigenvalue weighted by Crippen LogP contribution is -2.43. The van der Waals surface area contributed by atoms with Crippen molar-refractivity contribution in [3.05, 3.63) is 18.5 Å². The van der Waals surface area contributed by atoms with Crippen molar-refractivity contribution in [3.8, 4) is 11.5 Å². The first-order valence-corrected chi connectivity index (χ1v) is 10.1. The molecule has 10 nitrogen and oxygen atoms in total. The first-order chi connectivity index (χ1) is 13.5. The molecule has 0 radical (unpaired) electrons. The highest BCUT2D eigenvalue weighted by atomic mass is 35.5. The van der Waals surface area contributed by atoms with E-state index in [4.69, 9.17) is 9.47 Å². The van der Waals surface area contributed by atoms with Crippen LogP contribution in [0.1, 0.15) is 6.42 Å². The molecule has 29 heavy (non-hydrogen) atoms. The van der Waals surface area contributed by atoms with Crippen LogP contribution in [0, 0.1) is 0 Å². The zero-order chi connectivity index (χ0) is 20.1. The van der Waals surface area contributed by atoms with E-state index in [1.54, 1.807) is 14.2 Å². The van der Waals surface area contributed by atoms with Gasteiger partial charge in [-0.3, -0.25) is 4.90 Å². The third-order valence-corrected chi connectivity index (χ3v) is 5.21. The van der Waals surface area contributed by atoms with E-state index in [9.17, 15) is 13.5 Å². The fraction of sp³-hybridized carbons (Fsp3) is 0.529. The quantitative estimate of drug-likeness (QED) is 0.504. The molecule has 2 aromatic rings. The van der Waals surface area contributed by atoms with Crippen LogP contribution in [0.5, 0.6) is 11.5 Å². The smallest absolute Gasteiger partial charge is 0.201 e. The standard InChI is InChI=1S/C17H25N5O5S.ClH/c1-26-14-8-12-13(9-15(14)27-2)18-11-19-17(12)22-5-3-4-21(6-7-22)16(23)10-20-28(24)25;/h8-9,11,16,23,28H,3-7,10H2,1-2H3,(H,20,24,25);1H. The Balaban J connectivity index is 0.00000300. The van der Waals surface area contributed by atoms with Gasteiger partial charge in [-0.15, -0.1) is 12.4 Å². The molecule has 1 aromatic heterocycles. The molecular weight excluding hydrogens is 422 g/mol. The molecule has 1 saturated heterocycles. The Kier molecular flexibility index (Phi) is 8.65. The lowest BCUT2D eigenvalue weighted by molar-refractivity contribution is 0.0133. The lowest BCUT2D eigenvalue weighted by Gasteiger charge is -2.26. The first kappa shape index (κ1) is 23.4. The largest absolute Gasteiger partial charge is 0.493 e. The van der Waals surface area contributed by atoms with E-state index in [-0.39, 0.29) is 19.0 Å². The third kappa shape index (κ3) is 5.58. The summed E-state index contributed by atoms with van der Waals surface area (Å²) < 4.78 is 34.3. The maximum absolute atomic E-state index is 10.7. The van der Waals surface area contributed by atoms with Crippen molar-refractivity contribution in [2.24, 2.45) is 0 Å². The molecule has 0 saturated carbocycles. The van der Waals surface area contributed by atoms with E-state index in [0.29, 0.717) is 31.1 Å². The van der Waals surface area contributed by atoms with Crippen LogP contribution in [0.15, 0.2) is 18.5 Å². The highest BCUT2D eigenvalue weighted by Crippen LogP contribution is 2.34. The van der Waals surface area contributed by atoms with Gasteiger partial charge >= 0.3 is 0 Å².